The lowest BCUT2D eigenvalue weighted by Gasteiger charge is -2.32. The first-order valence-corrected chi connectivity index (χ1v) is 15.5. The van der Waals surface area contributed by atoms with Crippen molar-refractivity contribution < 1.29 is 23.1 Å². The van der Waals surface area contributed by atoms with E-state index >= 15 is 0 Å². The van der Waals surface area contributed by atoms with E-state index in [1.54, 1.807) is 49.7 Å². The average Bonchev–Trinajstić information content (AvgIpc) is 3.27. The molecule has 0 bridgehead atoms. The number of hydrogen-bond donors (Lipinski definition) is 3. The molecule has 0 aliphatic heterocycles. The highest BCUT2D eigenvalue weighted by Crippen LogP contribution is 2.32. The maximum atomic E-state index is 13.3. The molecule has 3 aromatic rings. The second kappa shape index (κ2) is 10.9. The molecule has 2 aliphatic carbocycles. The molecule has 10 nitrogen and oxygen atoms in total. The van der Waals surface area contributed by atoms with E-state index < -0.39 is 33.4 Å². The fraction of sp³-hybridized carbons (Fsp3) is 0.517. The first-order chi connectivity index (χ1) is 18.9. The van der Waals surface area contributed by atoms with Crippen LogP contribution < -0.4 is 10.0 Å². The molecule has 0 unspecified atom stereocenters. The third-order valence-electron chi connectivity index (χ3n) is 7.72. The summed E-state index contributed by atoms with van der Waals surface area (Å²) in [5, 5.41) is 17.9. The Hall–Kier alpha value is -3.31. The maximum absolute atomic E-state index is 13.3. The molecule has 5 rings (SSSR count). The zero-order chi connectivity index (χ0) is 28.7. The number of nitrogens with zero attached hydrogens (tertiary/aromatic N) is 3. The molecule has 0 saturated heterocycles. The van der Waals surface area contributed by atoms with Crippen molar-refractivity contribution in [3.8, 4) is 5.69 Å². The summed E-state index contributed by atoms with van der Waals surface area (Å²) in [6.07, 6.45) is 7.15. The van der Waals surface area contributed by atoms with Crippen molar-refractivity contribution in [2.45, 2.75) is 88.6 Å². The first-order valence-electron chi connectivity index (χ1n) is 14.0. The number of fused-ring (bicyclic) bond motifs is 1. The fourth-order valence-electron chi connectivity index (χ4n) is 5.73. The largest absolute Gasteiger partial charge is 0.481 e. The standard InChI is InChI=1S/C29H37N5O5S/c1-29(2,3)33-40(38,39)24-14-13-23(21-11-7-8-12-22(21)24)34-25(15-18-9-5-4-6-10-18)31-26(32-34)27(35)30-20-16-19(17-20)28(36)37/h7-8,11-14,18-20,33H,4-6,9-10,15-17H2,1-3H3,(H,30,35)(H,36,37)/t19-,20-. The van der Waals surface area contributed by atoms with Gasteiger partial charge in [-0.05, 0) is 51.7 Å². The van der Waals surface area contributed by atoms with Crippen LogP contribution in [-0.4, -0.2) is 51.7 Å². The monoisotopic (exact) mass is 567 g/mol. The highest BCUT2D eigenvalue weighted by Gasteiger charge is 2.36. The smallest absolute Gasteiger partial charge is 0.306 e. The summed E-state index contributed by atoms with van der Waals surface area (Å²) >= 11 is 0. The zero-order valence-corrected chi connectivity index (χ0v) is 24.0. The van der Waals surface area contributed by atoms with Crippen LogP contribution in [0.25, 0.3) is 16.5 Å². The summed E-state index contributed by atoms with van der Waals surface area (Å²) in [7, 11) is -3.81. The Kier molecular flexibility index (Phi) is 7.71. The fourth-order valence-corrected chi connectivity index (χ4v) is 7.37. The van der Waals surface area contributed by atoms with E-state index in [4.69, 9.17) is 5.11 Å². The number of aliphatic carboxylic acids is 1. The molecule has 2 aliphatic rings. The predicted molar refractivity (Wildman–Crippen MR) is 151 cm³/mol. The molecule has 0 atom stereocenters. The molecule has 3 N–H and O–H groups in total. The van der Waals surface area contributed by atoms with Gasteiger partial charge in [0.25, 0.3) is 5.91 Å². The summed E-state index contributed by atoms with van der Waals surface area (Å²) in [5.41, 5.74) is 0.00228. The van der Waals surface area contributed by atoms with E-state index in [1.165, 1.54) is 6.42 Å². The van der Waals surface area contributed by atoms with Gasteiger partial charge in [-0.1, -0.05) is 56.4 Å². The molecule has 1 amide bonds. The number of aromatic nitrogens is 3. The van der Waals surface area contributed by atoms with Gasteiger partial charge in [-0.3, -0.25) is 9.59 Å². The summed E-state index contributed by atoms with van der Waals surface area (Å²) in [4.78, 5) is 29.1. The second-order valence-electron chi connectivity index (χ2n) is 12.1. The number of sulfonamides is 1. The van der Waals surface area contributed by atoms with Gasteiger partial charge in [0.05, 0.1) is 16.5 Å². The number of rotatable bonds is 8. The summed E-state index contributed by atoms with van der Waals surface area (Å²) in [6.45, 7) is 5.39. The lowest BCUT2D eigenvalue weighted by Crippen LogP contribution is -2.47. The average molecular weight is 568 g/mol. The van der Waals surface area contributed by atoms with Crippen molar-refractivity contribution in [1.29, 1.82) is 0 Å². The molecular weight excluding hydrogens is 530 g/mol. The molecule has 1 heterocycles. The van der Waals surface area contributed by atoms with E-state index in [-0.39, 0.29) is 16.8 Å². The van der Waals surface area contributed by atoms with Gasteiger partial charge in [-0.25, -0.2) is 22.8 Å². The van der Waals surface area contributed by atoms with Crippen LogP contribution in [-0.2, 0) is 21.2 Å². The van der Waals surface area contributed by atoms with Crippen LogP contribution in [0, 0.1) is 11.8 Å². The maximum Gasteiger partial charge on any atom is 0.306 e. The lowest BCUT2D eigenvalue weighted by atomic mass is 9.80. The minimum atomic E-state index is -3.81. The molecule has 2 saturated carbocycles. The van der Waals surface area contributed by atoms with Crippen molar-refractivity contribution in [3.63, 3.8) is 0 Å². The zero-order valence-electron chi connectivity index (χ0n) is 23.2. The van der Waals surface area contributed by atoms with E-state index in [0.29, 0.717) is 47.5 Å². The number of nitrogens with one attached hydrogen (secondary N) is 2. The van der Waals surface area contributed by atoms with Gasteiger partial charge in [0.1, 0.15) is 5.82 Å². The van der Waals surface area contributed by atoms with E-state index in [0.717, 1.165) is 25.7 Å². The van der Waals surface area contributed by atoms with Crippen LogP contribution in [0.3, 0.4) is 0 Å². The molecule has 0 radical (unpaired) electrons. The van der Waals surface area contributed by atoms with Crippen molar-refractivity contribution in [2.75, 3.05) is 0 Å². The van der Waals surface area contributed by atoms with Crippen LogP contribution in [0.4, 0.5) is 0 Å². The Bertz CT molecular complexity index is 1530. The third-order valence-corrected chi connectivity index (χ3v) is 9.53. The highest BCUT2D eigenvalue weighted by molar-refractivity contribution is 7.89. The number of hydrogen-bond acceptors (Lipinski definition) is 6. The SMILES string of the molecule is CC(C)(C)NS(=O)(=O)c1ccc(-n2nc(C(=O)N[C@H]3C[C@H](C(=O)O)C3)nc2CC2CCCCC2)c2ccccc12. The molecule has 1 aromatic heterocycles. The second-order valence-corrected chi connectivity index (χ2v) is 13.8. The highest BCUT2D eigenvalue weighted by atomic mass is 32.2. The number of carboxylic acid groups (broad SMARTS) is 1. The van der Waals surface area contributed by atoms with Gasteiger partial charge in [0.15, 0.2) is 0 Å². The Balaban J connectivity index is 1.53. The van der Waals surface area contributed by atoms with E-state index in [2.05, 4.69) is 20.1 Å². The molecule has 40 heavy (non-hydrogen) atoms. The summed E-state index contributed by atoms with van der Waals surface area (Å²) in [5.74, 6) is -0.612. The molecule has 2 fully saturated rings. The number of amides is 1. The van der Waals surface area contributed by atoms with Crippen LogP contribution >= 0.6 is 0 Å². The Labute approximate surface area is 234 Å². The van der Waals surface area contributed by atoms with Gasteiger partial charge < -0.3 is 10.4 Å². The molecule has 11 heteroatoms. The minimum absolute atomic E-state index is 0.0276. The van der Waals surface area contributed by atoms with Gasteiger partial charge in [-0.15, -0.1) is 5.10 Å². The Morgan fingerprint density at radius 3 is 2.35 bits per heavy atom. The van der Waals surface area contributed by atoms with Crippen molar-refractivity contribution >= 4 is 32.7 Å². The summed E-state index contributed by atoms with van der Waals surface area (Å²) in [6, 6.07) is 10.4. The van der Waals surface area contributed by atoms with Crippen molar-refractivity contribution in [2.24, 2.45) is 11.8 Å². The topological polar surface area (TPSA) is 143 Å². The molecular formula is C29H37N5O5S. The normalized spacial score (nSPS) is 20.3. The molecule has 214 valence electrons. The van der Waals surface area contributed by atoms with Crippen LogP contribution in [0.1, 0.15) is 82.2 Å². The van der Waals surface area contributed by atoms with E-state index in [9.17, 15) is 18.0 Å². The lowest BCUT2D eigenvalue weighted by molar-refractivity contribution is -0.145. The third kappa shape index (κ3) is 6.05. The number of carboxylic acids is 1. The van der Waals surface area contributed by atoms with Crippen LogP contribution in [0.5, 0.6) is 0 Å². The van der Waals surface area contributed by atoms with E-state index in [1.807, 2.05) is 12.1 Å². The minimum Gasteiger partial charge on any atom is -0.481 e. The predicted octanol–water partition coefficient (Wildman–Crippen LogP) is 4.21. The number of carbonyl (C=O) groups excluding carboxylic acids is 1. The Morgan fingerprint density at radius 2 is 1.70 bits per heavy atom. The quantitative estimate of drug-likeness (QED) is 0.370. The summed E-state index contributed by atoms with van der Waals surface area (Å²) < 4.78 is 31.0. The number of carbonyl (C=O) groups is 2. The Morgan fingerprint density at radius 1 is 1.02 bits per heavy atom. The first kappa shape index (κ1) is 28.2. The van der Waals surface area contributed by atoms with Gasteiger partial charge in [0.2, 0.25) is 15.8 Å². The molecule has 0 spiro atoms. The van der Waals surface area contributed by atoms with Crippen LogP contribution in [0.2, 0.25) is 0 Å². The van der Waals surface area contributed by atoms with Gasteiger partial charge in [0, 0.05) is 28.8 Å². The van der Waals surface area contributed by atoms with Crippen LogP contribution in [0.15, 0.2) is 41.3 Å². The van der Waals surface area contributed by atoms with Gasteiger partial charge in [-0.2, -0.15) is 0 Å². The number of benzene rings is 2. The van der Waals surface area contributed by atoms with Crippen molar-refractivity contribution in [3.05, 3.63) is 48.0 Å². The van der Waals surface area contributed by atoms with Crippen molar-refractivity contribution in [1.82, 2.24) is 24.8 Å². The van der Waals surface area contributed by atoms with Gasteiger partial charge >= 0.3 is 5.97 Å². The molecule has 2 aromatic carbocycles.